The average molecular weight is 602 g/mol. The Labute approximate surface area is 271 Å². The number of nitrogens with zero attached hydrogens (tertiary/aromatic N) is 1. The summed E-state index contributed by atoms with van der Waals surface area (Å²) in [5.74, 6) is 0. The summed E-state index contributed by atoms with van der Waals surface area (Å²) in [6.45, 7) is 0. The van der Waals surface area contributed by atoms with Gasteiger partial charge in [-0.15, -0.1) is 0 Å². The fourth-order valence-electron chi connectivity index (χ4n) is 7.53. The summed E-state index contributed by atoms with van der Waals surface area (Å²) in [7, 11) is 0. The second-order valence-electron chi connectivity index (χ2n) is 12.1. The summed E-state index contributed by atoms with van der Waals surface area (Å²) < 4.78 is 2.42. The highest BCUT2D eigenvalue weighted by Gasteiger charge is 2.21. The van der Waals surface area contributed by atoms with Gasteiger partial charge in [0.15, 0.2) is 0 Å². The van der Waals surface area contributed by atoms with Crippen LogP contribution in [0.1, 0.15) is 0 Å². The van der Waals surface area contributed by atoms with Crippen LogP contribution in [0.5, 0.6) is 0 Å². The first kappa shape index (κ1) is 25.7. The van der Waals surface area contributed by atoms with E-state index >= 15 is 0 Å². The number of aromatic nitrogens is 1. The van der Waals surface area contributed by atoms with Gasteiger partial charge in [-0.25, -0.2) is 0 Å². The molecule has 0 unspecified atom stereocenters. The van der Waals surface area contributed by atoms with Crippen LogP contribution < -0.4 is 0 Å². The Hall–Kier alpha value is -5.57. The SMILES string of the molecule is c1ccc(-n2c3cccc(-c4cccc(-c5ccc6c(c5)-c5cccc7cccc(c57)S6)c4)c3c3c4ccccc4ccc32)cc1. The summed E-state index contributed by atoms with van der Waals surface area (Å²) in [6, 6.07) is 60.2. The first-order chi connectivity index (χ1) is 22.8. The molecule has 0 spiro atoms. The molecule has 214 valence electrons. The van der Waals surface area contributed by atoms with Gasteiger partial charge in [-0.1, -0.05) is 127 Å². The Morgan fingerprint density at radius 3 is 2.02 bits per heavy atom. The standard InChI is InChI=1S/C44H27NS/c1-2-15-33(16-3-1)45-38-20-9-18-35(44(38)43-34-17-5-4-10-28(34)22-24-39(43)45)32-14-6-13-30(26-32)31-23-25-40-37(27-31)36-19-7-11-29-12-8-21-41(46-40)42(29)36/h1-27H. The zero-order chi connectivity index (χ0) is 30.2. The van der Waals surface area contributed by atoms with Crippen molar-refractivity contribution in [2.45, 2.75) is 9.79 Å². The van der Waals surface area contributed by atoms with Crippen molar-refractivity contribution in [1.29, 1.82) is 0 Å². The predicted molar refractivity (Wildman–Crippen MR) is 196 cm³/mol. The molecule has 0 amide bonds. The topological polar surface area (TPSA) is 4.93 Å². The Balaban J connectivity index is 1.19. The van der Waals surface area contributed by atoms with Gasteiger partial charge in [0.25, 0.3) is 0 Å². The minimum atomic E-state index is 1.17. The number of fused-ring (bicyclic) bond motifs is 7. The van der Waals surface area contributed by atoms with E-state index in [9.17, 15) is 0 Å². The summed E-state index contributed by atoms with van der Waals surface area (Å²) >= 11 is 1.88. The van der Waals surface area contributed by atoms with Crippen LogP contribution in [-0.2, 0) is 0 Å². The molecular weight excluding hydrogens is 575 g/mol. The summed E-state index contributed by atoms with van der Waals surface area (Å²) in [4.78, 5) is 2.65. The van der Waals surface area contributed by atoms with Crippen LogP contribution in [0.15, 0.2) is 174 Å². The van der Waals surface area contributed by atoms with E-state index in [1.165, 1.54) is 92.2 Å². The van der Waals surface area contributed by atoms with Gasteiger partial charge < -0.3 is 4.57 Å². The quantitative estimate of drug-likeness (QED) is 0.195. The maximum Gasteiger partial charge on any atom is 0.0547 e. The molecule has 9 aromatic rings. The van der Waals surface area contributed by atoms with Crippen LogP contribution in [0.25, 0.3) is 82.4 Å². The number of hydrogen-bond donors (Lipinski definition) is 0. The molecule has 0 aliphatic carbocycles. The number of rotatable bonds is 3. The second-order valence-corrected chi connectivity index (χ2v) is 13.2. The Bertz CT molecular complexity index is 2660. The molecule has 0 radical (unpaired) electrons. The van der Waals surface area contributed by atoms with Crippen molar-refractivity contribution in [2.24, 2.45) is 0 Å². The fraction of sp³-hybridized carbons (Fsp3) is 0. The highest BCUT2D eigenvalue weighted by molar-refractivity contribution is 7.99. The Morgan fingerprint density at radius 1 is 0.370 bits per heavy atom. The van der Waals surface area contributed by atoms with Gasteiger partial charge in [-0.2, -0.15) is 0 Å². The normalized spacial score (nSPS) is 12.3. The lowest BCUT2D eigenvalue weighted by molar-refractivity contribution is 1.18. The smallest absolute Gasteiger partial charge is 0.0547 e. The summed E-state index contributed by atoms with van der Waals surface area (Å²) in [5, 5.41) is 7.80. The fourth-order valence-corrected chi connectivity index (χ4v) is 8.66. The van der Waals surface area contributed by atoms with Gasteiger partial charge in [-0.05, 0) is 98.1 Å². The van der Waals surface area contributed by atoms with Gasteiger partial charge in [0.2, 0.25) is 0 Å². The summed E-state index contributed by atoms with van der Waals surface area (Å²) in [6.07, 6.45) is 0. The molecule has 0 fully saturated rings. The van der Waals surface area contributed by atoms with Crippen molar-refractivity contribution in [2.75, 3.05) is 0 Å². The van der Waals surface area contributed by atoms with Crippen LogP contribution in [0.3, 0.4) is 0 Å². The van der Waals surface area contributed by atoms with Crippen LogP contribution in [0.2, 0.25) is 0 Å². The van der Waals surface area contributed by atoms with E-state index in [1.54, 1.807) is 0 Å². The maximum atomic E-state index is 2.42. The third kappa shape index (κ3) is 3.77. The van der Waals surface area contributed by atoms with Crippen molar-refractivity contribution in [1.82, 2.24) is 4.57 Å². The molecule has 8 aromatic carbocycles. The second kappa shape index (κ2) is 9.97. The summed E-state index contributed by atoms with van der Waals surface area (Å²) in [5.41, 5.74) is 11.2. The molecule has 1 nitrogen and oxygen atoms in total. The van der Waals surface area contributed by atoms with E-state index in [0.29, 0.717) is 0 Å². The van der Waals surface area contributed by atoms with Gasteiger partial charge in [0.05, 0.1) is 11.0 Å². The third-order valence-electron chi connectivity index (χ3n) is 9.56. The minimum Gasteiger partial charge on any atom is -0.309 e. The van der Waals surface area contributed by atoms with Crippen LogP contribution >= 0.6 is 11.8 Å². The van der Waals surface area contributed by atoms with Crippen molar-refractivity contribution in [3.05, 3.63) is 164 Å². The first-order valence-corrected chi connectivity index (χ1v) is 16.6. The molecule has 2 heterocycles. The molecule has 1 aliphatic rings. The first-order valence-electron chi connectivity index (χ1n) is 15.8. The molecular formula is C44H27NS. The van der Waals surface area contributed by atoms with Crippen LogP contribution in [0.4, 0.5) is 0 Å². The molecule has 0 bridgehead atoms. The van der Waals surface area contributed by atoms with E-state index in [4.69, 9.17) is 0 Å². The number of benzene rings is 8. The minimum absolute atomic E-state index is 1.17. The highest BCUT2D eigenvalue weighted by atomic mass is 32.2. The predicted octanol–water partition coefficient (Wildman–Crippen LogP) is 12.6. The lowest BCUT2D eigenvalue weighted by Gasteiger charge is -2.21. The Morgan fingerprint density at radius 2 is 1.09 bits per heavy atom. The largest absolute Gasteiger partial charge is 0.309 e. The highest BCUT2D eigenvalue weighted by Crippen LogP contribution is 2.49. The van der Waals surface area contributed by atoms with Crippen LogP contribution in [-0.4, -0.2) is 4.57 Å². The zero-order valence-corrected chi connectivity index (χ0v) is 25.8. The van der Waals surface area contributed by atoms with Gasteiger partial charge in [0, 0.05) is 31.6 Å². The molecule has 10 rings (SSSR count). The third-order valence-corrected chi connectivity index (χ3v) is 10.7. The van der Waals surface area contributed by atoms with E-state index in [2.05, 4.69) is 168 Å². The molecule has 0 saturated carbocycles. The van der Waals surface area contributed by atoms with Gasteiger partial charge >= 0.3 is 0 Å². The Kier molecular flexibility index (Phi) is 5.58. The maximum absolute atomic E-state index is 2.42. The van der Waals surface area contributed by atoms with Crippen molar-refractivity contribution in [3.63, 3.8) is 0 Å². The van der Waals surface area contributed by atoms with Crippen molar-refractivity contribution < 1.29 is 0 Å². The molecule has 46 heavy (non-hydrogen) atoms. The molecule has 2 heteroatoms. The van der Waals surface area contributed by atoms with Gasteiger partial charge in [-0.3, -0.25) is 0 Å². The van der Waals surface area contributed by atoms with E-state index in [0.717, 1.165) is 0 Å². The number of hydrogen-bond acceptors (Lipinski definition) is 1. The lowest BCUT2D eigenvalue weighted by Crippen LogP contribution is -1.93. The van der Waals surface area contributed by atoms with E-state index < -0.39 is 0 Å². The lowest BCUT2D eigenvalue weighted by atomic mass is 9.92. The van der Waals surface area contributed by atoms with E-state index in [-0.39, 0.29) is 0 Å². The van der Waals surface area contributed by atoms with Crippen LogP contribution in [0, 0.1) is 0 Å². The van der Waals surface area contributed by atoms with Crippen molar-refractivity contribution in [3.8, 4) is 39.1 Å². The van der Waals surface area contributed by atoms with Crippen molar-refractivity contribution >= 4 is 55.1 Å². The zero-order valence-electron chi connectivity index (χ0n) is 24.9. The molecule has 0 saturated heterocycles. The molecule has 1 aliphatic heterocycles. The number of para-hydroxylation sites is 1. The van der Waals surface area contributed by atoms with E-state index in [1.807, 2.05) is 11.8 Å². The average Bonchev–Trinajstić information content (AvgIpc) is 3.47. The molecule has 0 atom stereocenters. The molecule has 0 N–H and O–H groups in total. The monoisotopic (exact) mass is 601 g/mol. The van der Waals surface area contributed by atoms with Gasteiger partial charge in [0.1, 0.15) is 0 Å². The molecule has 1 aromatic heterocycles.